The van der Waals surface area contributed by atoms with Crippen LogP contribution in [0.3, 0.4) is 0 Å². The molecule has 1 aliphatic carbocycles. The number of nitrogens with one attached hydrogen (secondary N) is 5. The number of aliphatic hydroxyl groups excluding tert-OH is 6. The molecule has 0 aromatic heterocycles. The number of carbonyl (C=O) groups excluding carboxylic acids is 7. The van der Waals surface area contributed by atoms with Gasteiger partial charge in [0.15, 0.2) is 11.5 Å². The van der Waals surface area contributed by atoms with Gasteiger partial charge in [0.25, 0.3) is 5.91 Å². The smallest absolute Gasteiger partial charge is 0.251 e. The van der Waals surface area contributed by atoms with Crippen LogP contribution in [0.25, 0.3) is 11.1 Å². The van der Waals surface area contributed by atoms with E-state index in [0.717, 1.165) is 52.8 Å². The van der Waals surface area contributed by atoms with E-state index >= 15 is 0 Å². The lowest BCUT2D eigenvalue weighted by molar-refractivity contribution is -0.147. The molecule has 1 saturated carbocycles. The average molecular weight is 1200 g/mol. The monoisotopic (exact) mass is 1200 g/mol. The predicted molar refractivity (Wildman–Crippen MR) is 314 cm³/mol. The van der Waals surface area contributed by atoms with Crippen LogP contribution in [0.15, 0.2) is 66.7 Å². The number of aliphatic hydroxyl groups is 6. The lowest BCUT2D eigenvalue weighted by atomic mass is 9.94. The Kier molecular flexibility index (Phi) is 22.4. The first-order valence-electron chi connectivity index (χ1n) is 29.9. The van der Waals surface area contributed by atoms with Gasteiger partial charge in [0.05, 0.1) is 36.6 Å². The van der Waals surface area contributed by atoms with Crippen LogP contribution in [-0.2, 0) is 35.2 Å². The molecule has 86 heavy (non-hydrogen) atoms. The van der Waals surface area contributed by atoms with Crippen LogP contribution in [0.5, 0.6) is 11.5 Å². The zero-order chi connectivity index (χ0) is 61.9. The number of ether oxygens (including phenoxy) is 1. The molecular formula is C60H85N11O15. The number of benzene rings is 3. The number of β-amino-alcohol motifs (C(OH)–C–C–N with tert-alkyl or cyclic N) is 1. The molecule has 0 spiro atoms. The summed E-state index contributed by atoms with van der Waals surface area (Å²) in [6.07, 6.45) is -5.24. The second-order valence-corrected chi connectivity index (χ2v) is 23.5. The van der Waals surface area contributed by atoms with E-state index in [0.29, 0.717) is 6.04 Å². The molecule has 4 heterocycles. The van der Waals surface area contributed by atoms with Gasteiger partial charge in [-0.05, 0) is 85.8 Å². The molecule has 1 unspecified atom stereocenters. The minimum Gasteiger partial charge on any atom is -0.504 e. The molecule has 16 N–H and O–H groups in total. The number of phenols is 1. The van der Waals surface area contributed by atoms with Gasteiger partial charge in [-0.25, -0.2) is 0 Å². The van der Waals surface area contributed by atoms with Crippen LogP contribution >= 0.6 is 0 Å². The quantitative estimate of drug-likeness (QED) is 0.0728. The maximum atomic E-state index is 14.7. The van der Waals surface area contributed by atoms with Crippen molar-refractivity contribution >= 4 is 47.0 Å². The number of nitrogens with zero attached hydrogens (tertiary/aromatic N) is 4. The predicted octanol–water partition coefficient (Wildman–Crippen LogP) is -2.85. The summed E-state index contributed by atoms with van der Waals surface area (Å²) in [7, 11) is 0. The molecule has 0 bridgehead atoms. The molecule has 5 aliphatic rings. The standard InChI is InChI=1S/C60H85N11O15/c1-33-31-71-52(53(33)78)58(83)63-30-41(73)28-43(64-54(79)38-11-9-36(10-12-38)37-13-15-40(16-14-37)69-23-21-68(22-24-69)39-6-4-3-5-7-39)55(80)65-49(34(2)72)59(84)70-32-42(74)29-44(70)56(81)66-50(57(82)67-51(60(71)85)46(76)18-19-61)47(77)26-35-8-17-45(75)48(27-35)86-25-20-62/h8-17,27,33-34,39,41-44,46-47,49-53,72-78H,3-7,18-26,28-32,61-62H2,1-2H3,(H,63,83)(H,64,79)(H,65,80)(H,66,81)(H,67,82)/t33-,34+,41+,42+,43?,44-,46+,47+,49-,50-,51-,52-,53-/m0/s1. The number of hydrogen-bond acceptors (Lipinski definition) is 19. The highest BCUT2D eigenvalue weighted by Gasteiger charge is 2.50. The Morgan fingerprint density at radius 3 is 2.00 bits per heavy atom. The van der Waals surface area contributed by atoms with Crippen molar-refractivity contribution in [3.05, 3.63) is 77.9 Å². The molecule has 26 nitrogen and oxygen atoms in total. The average Bonchev–Trinajstić information content (AvgIpc) is 2.00. The molecule has 0 radical (unpaired) electrons. The number of rotatable bonds is 15. The molecule has 5 fully saturated rings. The highest BCUT2D eigenvalue weighted by atomic mass is 16.5. The first-order valence-corrected chi connectivity index (χ1v) is 29.9. The molecule has 8 rings (SSSR count). The fraction of sp³-hybridized carbons (Fsp3) is 0.583. The molecule has 13 atom stereocenters. The van der Waals surface area contributed by atoms with E-state index in [1.54, 1.807) is 31.2 Å². The summed E-state index contributed by atoms with van der Waals surface area (Å²) in [6, 6.07) is 8.60. The lowest BCUT2D eigenvalue weighted by Gasteiger charge is -2.41. The Bertz CT molecular complexity index is 2840. The first kappa shape index (κ1) is 65.0. The largest absolute Gasteiger partial charge is 0.504 e. The molecule has 3 aromatic rings. The Labute approximate surface area is 499 Å². The summed E-state index contributed by atoms with van der Waals surface area (Å²) in [6.45, 7) is 5.08. The zero-order valence-electron chi connectivity index (χ0n) is 48.7. The molecule has 26 heteroatoms. The van der Waals surface area contributed by atoms with Gasteiger partial charge in [-0.1, -0.05) is 56.5 Å². The number of anilines is 1. The van der Waals surface area contributed by atoms with Gasteiger partial charge in [-0.15, -0.1) is 0 Å². The lowest BCUT2D eigenvalue weighted by Crippen LogP contribution is -2.64. The van der Waals surface area contributed by atoms with Gasteiger partial charge in [0.1, 0.15) is 42.9 Å². The fourth-order valence-electron chi connectivity index (χ4n) is 12.3. The second-order valence-electron chi connectivity index (χ2n) is 23.5. The molecule has 470 valence electrons. The molecular weight excluding hydrogens is 1110 g/mol. The van der Waals surface area contributed by atoms with Crippen molar-refractivity contribution in [3.63, 3.8) is 0 Å². The van der Waals surface area contributed by atoms with E-state index in [-0.39, 0.29) is 55.3 Å². The topological polar surface area (TPSA) is 395 Å². The third-order valence-electron chi connectivity index (χ3n) is 17.2. The maximum Gasteiger partial charge on any atom is 0.251 e. The van der Waals surface area contributed by atoms with Crippen LogP contribution in [0.2, 0.25) is 0 Å². The van der Waals surface area contributed by atoms with E-state index < -0.39 is 152 Å². The van der Waals surface area contributed by atoms with Gasteiger partial charge in [-0.2, -0.15) is 0 Å². The number of amides is 7. The Hall–Kier alpha value is -7.01. The van der Waals surface area contributed by atoms with E-state index in [9.17, 15) is 69.3 Å². The molecule has 7 amide bonds. The number of phenolic OH excluding ortho intramolecular Hbond substituents is 1. The number of hydrogen-bond donors (Lipinski definition) is 14. The van der Waals surface area contributed by atoms with Gasteiger partial charge >= 0.3 is 0 Å². The van der Waals surface area contributed by atoms with Gasteiger partial charge in [0, 0.05) is 94.8 Å². The van der Waals surface area contributed by atoms with Crippen molar-refractivity contribution in [1.29, 1.82) is 0 Å². The Balaban J connectivity index is 1.06. The van der Waals surface area contributed by atoms with Gasteiger partial charge < -0.3 is 93.2 Å². The number of nitrogens with two attached hydrogens (primary N) is 2. The summed E-state index contributed by atoms with van der Waals surface area (Å²) in [5.74, 6) is -8.47. The van der Waals surface area contributed by atoms with E-state index in [1.165, 1.54) is 57.2 Å². The maximum absolute atomic E-state index is 14.7. The first-order chi connectivity index (χ1) is 41.1. The molecule has 4 aliphatic heterocycles. The van der Waals surface area contributed by atoms with Crippen molar-refractivity contribution in [2.45, 2.75) is 151 Å². The summed E-state index contributed by atoms with van der Waals surface area (Å²) >= 11 is 0. The van der Waals surface area contributed by atoms with E-state index in [4.69, 9.17) is 16.2 Å². The summed E-state index contributed by atoms with van der Waals surface area (Å²) < 4.78 is 5.52. The van der Waals surface area contributed by atoms with E-state index in [1.807, 2.05) is 12.1 Å². The van der Waals surface area contributed by atoms with Gasteiger partial charge in [0.2, 0.25) is 35.4 Å². The van der Waals surface area contributed by atoms with E-state index in [2.05, 4.69) is 48.5 Å². The number of carbonyl (C=O) groups is 7. The summed E-state index contributed by atoms with van der Waals surface area (Å²) in [5, 5.41) is 91.3. The highest BCUT2D eigenvalue weighted by Crippen LogP contribution is 2.31. The van der Waals surface area contributed by atoms with Crippen molar-refractivity contribution in [2.75, 3.05) is 70.4 Å². The molecule has 4 saturated heterocycles. The third kappa shape index (κ3) is 15.8. The summed E-state index contributed by atoms with van der Waals surface area (Å²) in [4.78, 5) is 108. The number of piperazine rings is 1. The number of aromatic hydroxyl groups is 1. The van der Waals surface area contributed by atoms with Crippen molar-refractivity contribution in [1.82, 2.24) is 41.3 Å². The summed E-state index contributed by atoms with van der Waals surface area (Å²) in [5.41, 5.74) is 14.6. The number of fused-ring (bicyclic) bond motifs is 2. The second kappa shape index (κ2) is 29.6. The van der Waals surface area contributed by atoms with Gasteiger partial charge in [-0.3, -0.25) is 38.5 Å². The minimum absolute atomic E-state index is 0.00194. The zero-order valence-corrected chi connectivity index (χ0v) is 48.7. The normalized spacial score (nSPS) is 28.2. The van der Waals surface area contributed by atoms with Crippen molar-refractivity contribution in [2.24, 2.45) is 17.4 Å². The van der Waals surface area contributed by atoms with Crippen LogP contribution in [0.4, 0.5) is 5.69 Å². The Morgan fingerprint density at radius 2 is 1.35 bits per heavy atom. The van der Waals surface area contributed by atoms with Crippen LogP contribution in [-0.4, -0.2) is 236 Å². The van der Waals surface area contributed by atoms with Crippen molar-refractivity contribution < 1.29 is 74.0 Å². The fourth-order valence-corrected chi connectivity index (χ4v) is 12.3. The minimum atomic E-state index is -2.03. The highest BCUT2D eigenvalue weighted by molar-refractivity contribution is 6.00. The SMILES string of the molecule is C[C@@H](O)[C@@H]1NC(=O)C(NC(=O)c2ccc(-c3ccc(N4CCN(C5CCCCC5)CC4)cc3)cc2)C[C@@H](O)CNC(=O)[C@@H]2[C@@H](O)[C@@H](C)CN2C(=O)[C@H]([C@H](O)CCN)NC(=O)[C@H]([C@H](O)Cc2ccc(O)c(OCCN)c2)NC(=O)[C@@H]2C[C@@H](O)CN2C1=O. The Morgan fingerprint density at radius 1 is 0.709 bits per heavy atom. The van der Waals surface area contributed by atoms with Crippen LogP contribution < -0.4 is 47.7 Å². The van der Waals surface area contributed by atoms with Crippen molar-refractivity contribution in [3.8, 4) is 22.6 Å². The van der Waals surface area contributed by atoms with Crippen LogP contribution in [0, 0.1) is 5.92 Å². The molecule has 3 aromatic carbocycles. The third-order valence-corrected chi connectivity index (χ3v) is 17.2. The van der Waals surface area contributed by atoms with Crippen LogP contribution in [0.1, 0.15) is 81.1 Å².